The number of halogens is 3. The molecule has 0 atom stereocenters. The number of aldehydes is 1. The Hall–Kier alpha value is -1.60. The summed E-state index contributed by atoms with van der Waals surface area (Å²) in [6, 6.07) is 0. The molecule has 0 amide bonds. The quantitative estimate of drug-likeness (QED) is 0.755. The zero-order chi connectivity index (χ0) is 12.5. The van der Waals surface area contributed by atoms with Crippen molar-refractivity contribution in [1.82, 2.24) is 14.8 Å². The van der Waals surface area contributed by atoms with E-state index in [2.05, 4.69) is 10.1 Å². The van der Waals surface area contributed by atoms with Crippen LogP contribution in [0.15, 0.2) is 0 Å². The number of aromatic nitrogens is 3. The summed E-state index contributed by atoms with van der Waals surface area (Å²) in [5, 5.41) is 3.73. The molecular weight excluding hydrogens is 237 g/mol. The Morgan fingerprint density at radius 2 is 1.94 bits per heavy atom. The van der Waals surface area contributed by atoms with E-state index in [1.807, 2.05) is 0 Å². The van der Waals surface area contributed by atoms with Gasteiger partial charge in [0, 0.05) is 13.1 Å². The second-order valence-corrected chi connectivity index (χ2v) is 3.85. The Bertz CT molecular complexity index is 409. The molecule has 0 N–H and O–H groups in total. The van der Waals surface area contributed by atoms with Crippen LogP contribution in [0.5, 0.6) is 0 Å². The molecule has 0 spiro atoms. The molecule has 1 aromatic rings. The standard InChI is InChI=1S/C9H11F3N4O/c10-9(11,12)6-16-7(5-17)13-8(14-16)15-3-1-2-4-15/h5H,1-4,6H2. The smallest absolute Gasteiger partial charge is 0.340 e. The van der Waals surface area contributed by atoms with E-state index in [-0.39, 0.29) is 18.1 Å². The highest BCUT2D eigenvalue weighted by Crippen LogP contribution is 2.20. The fourth-order valence-electron chi connectivity index (χ4n) is 1.77. The first kappa shape index (κ1) is 11.9. The Balaban J connectivity index is 2.22. The molecular formula is C9H11F3N4O. The zero-order valence-corrected chi connectivity index (χ0v) is 8.94. The van der Waals surface area contributed by atoms with Gasteiger partial charge in [-0.3, -0.25) is 4.79 Å². The van der Waals surface area contributed by atoms with Gasteiger partial charge in [0.1, 0.15) is 6.54 Å². The lowest BCUT2D eigenvalue weighted by molar-refractivity contribution is -0.142. The number of hydrogen-bond acceptors (Lipinski definition) is 4. The van der Waals surface area contributed by atoms with E-state index in [1.54, 1.807) is 4.90 Å². The molecule has 2 heterocycles. The summed E-state index contributed by atoms with van der Waals surface area (Å²) >= 11 is 0. The first-order valence-corrected chi connectivity index (χ1v) is 5.21. The number of anilines is 1. The molecule has 0 aromatic carbocycles. The fourth-order valence-corrected chi connectivity index (χ4v) is 1.77. The normalized spacial score (nSPS) is 16.5. The van der Waals surface area contributed by atoms with Crippen LogP contribution in [-0.2, 0) is 6.54 Å². The van der Waals surface area contributed by atoms with E-state index in [4.69, 9.17) is 0 Å². The largest absolute Gasteiger partial charge is 0.408 e. The highest BCUT2D eigenvalue weighted by molar-refractivity contribution is 5.69. The lowest BCUT2D eigenvalue weighted by atomic mass is 10.4. The molecule has 2 rings (SSSR count). The van der Waals surface area contributed by atoms with E-state index in [0.29, 0.717) is 17.8 Å². The highest BCUT2D eigenvalue weighted by atomic mass is 19.4. The summed E-state index contributed by atoms with van der Waals surface area (Å²) in [4.78, 5) is 16.2. The monoisotopic (exact) mass is 248 g/mol. The molecule has 0 aliphatic carbocycles. The van der Waals surface area contributed by atoms with E-state index in [9.17, 15) is 18.0 Å². The summed E-state index contributed by atoms with van der Waals surface area (Å²) in [6.07, 6.45) is -2.19. The lowest BCUT2D eigenvalue weighted by Crippen LogP contribution is -2.22. The number of carbonyl (C=O) groups is 1. The third-order valence-electron chi connectivity index (χ3n) is 2.51. The van der Waals surface area contributed by atoms with E-state index in [0.717, 1.165) is 12.8 Å². The third kappa shape index (κ3) is 2.75. The molecule has 8 heteroatoms. The first-order valence-electron chi connectivity index (χ1n) is 5.21. The van der Waals surface area contributed by atoms with Crippen LogP contribution in [0.3, 0.4) is 0 Å². The molecule has 0 bridgehead atoms. The summed E-state index contributed by atoms with van der Waals surface area (Å²) in [6.45, 7) is 0.143. The van der Waals surface area contributed by atoms with Crippen molar-refractivity contribution in [1.29, 1.82) is 0 Å². The predicted octanol–water partition coefficient (Wildman–Crippen LogP) is 1.25. The number of carbonyl (C=O) groups excluding carboxylic acids is 1. The molecule has 5 nitrogen and oxygen atoms in total. The minimum Gasteiger partial charge on any atom is -0.340 e. The van der Waals surface area contributed by atoms with E-state index < -0.39 is 12.7 Å². The van der Waals surface area contributed by atoms with Crippen LogP contribution in [0, 0.1) is 0 Å². The maximum Gasteiger partial charge on any atom is 0.408 e. The van der Waals surface area contributed by atoms with Crippen LogP contribution in [-0.4, -0.2) is 40.3 Å². The second kappa shape index (κ2) is 4.34. The van der Waals surface area contributed by atoms with E-state index in [1.165, 1.54) is 0 Å². The fraction of sp³-hybridized carbons (Fsp3) is 0.667. The van der Waals surface area contributed by atoms with Gasteiger partial charge in [-0.25, -0.2) is 4.68 Å². The molecule has 94 valence electrons. The molecule has 1 aliphatic heterocycles. The van der Waals surface area contributed by atoms with Crippen molar-refractivity contribution in [3.63, 3.8) is 0 Å². The highest BCUT2D eigenvalue weighted by Gasteiger charge is 2.31. The van der Waals surface area contributed by atoms with Gasteiger partial charge in [0.25, 0.3) is 0 Å². The second-order valence-electron chi connectivity index (χ2n) is 3.85. The van der Waals surface area contributed by atoms with Gasteiger partial charge in [0.05, 0.1) is 0 Å². The Morgan fingerprint density at radius 1 is 1.29 bits per heavy atom. The van der Waals surface area contributed by atoms with Crippen LogP contribution in [0.2, 0.25) is 0 Å². The van der Waals surface area contributed by atoms with Crippen molar-refractivity contribution < 1.29 is 18.0 Å². The van der Waals surface area contributed by atoms with Crippen molar-refractivity contribution in [3.05, 3.63) is 5.82 Å². The predicted molar refractivity (Wildman–Crippen MR) is 52.9 cm³/mol. The van der Waals surface area contributed by atoms with Crippen LogP contribution in [0.4, 0.5) is 19.1 Å². The topological polar surface area (TPSA) is 51.0 Å². The molecule has 1 aliphatic rings. The van der Waals surface area contributed by atoms with Crippen molar-refractivity contribution in [2.75, 3.05) is 18.0 Å². The van der Waals surface area contributed by atoms with Gasteiger partial charge in [-0.1, -0.05) is 0 Å². The van der Waals surface area contributed by atoms with E-state index >= 15 is 0 Å². The molecule has 1 aromatic heterocycles. The number of nitrogens with zero attached hydrogens (tertiary/aromatic N) is 4. The summed E-state index contributed by atoms with van der Waals surface area (Å²) in [5.41, 5.74) is 0. The Kier molecular flexibility index (Phi) is 3.03. The number of rotatable bonds is 3. The SMILES string of the molecule is O=Cc1nc(N2CCCC2)nn1CC(F)(F)F. The van der Waals surface area contributed by atoms with Gasteiger partial charge in [-0.15, -0.1) is 5.10 Å². The van der Waals surface area contributed by atoms with Crippen molar-refractivity contribution in [3.8, 4) is 0 Å². The number of alkyl halides is 3. The summed E-state index contributed by atoms with van der Waals surface area (Å²) < 4.78 is 37.3. The van der Waals surface area contributed by atoms with Gasteiger partial charge < -0.3 is 4.90 Å². The van der Waals surface area contributed by atoms with Gasteiger partial charge in [0.2, 0.25) is 5.95 Å². The maximum absolute atomic E-state index is 12.2. The molecule has 0 unspecified atom stereocenters. The van der Waals surface area contributed by atoms with Gasteiger partial charge in [-0.05, 0) is 12.8 Å². The molecule has 1 saturated heterocycles. The van der Waals surface area contributed by atoms with Crippen LogP contribution in [0.1, 0.15) is 23.5 Å². The third-order valence-corrected chi connectivity index (χ3v) is 2.51. The minimum absolute atomic E-state index is 0.203. The van der Waals surface area contributed by atoms with Crippen molar-refractivity contribution in [2.45, 2.75) is 25.6 Å². The minimum atomic E-state index is -4.41. The van der Waals surface area contributed by atoms with Gasteiger partial charge >= 0.3 is 6.18 Å². The summed E-state index contributed by atoms with van der Waals surface area (Å²) in [7, 11) is 0. The maximum atomic E-state index is 12.2. The average molecular weight is 248 g/mol. The Morgan fingerprint density at radius 3 is 2.47 bits per heavy atom. The first-order chi connectivity index (χ1) is 7.99. The molecule has 1 fully saturated rings. The van der Waals surface area contributed by atoms with Crippen LogP contribution in [0.25, 0.3) is 0 Å². The Labute approximate surface area is 95.2 Å². The van der Waals surface area contributed by atoms with Crippen molar-refractivity contribution in [2.24, 2.45) is 0 Å². The molecule has 0 saturated carbocycles. The van der Waals surface area contributed by atoms with Crippen LogP contribution >= 0.6 is 0 Å². The molecule has 0 radical (unpaired) electrons. The lowest BCUT2D eigenvalue weighted by Gasteiger charge is -2.11. The van der Waals surface area contributed by atoms with Gasteiger partial charge in [-0.2, -0.15) is 18.2 Å². The summed E-state index contributed by atoms with van der Waals surface area (Å²) in [5.74, 6) is -0.0851. The molecule has 17 heavy (non-hydrogen) atoms. The van der Waals surface area contributed by atoms with Gasteiger partial charge in [0.15, 0.2) is 12.1 Å². The number of hydrogen-bond donors (Lipinski definition) is 0. The van der Waals surface area contributed by atoms with Crippen LogP contribution < -0.4 is 4.90 Å². The zero-order valence-electron chi connectivity index (χ0n) is 8.94. The average Bonchev–Trinajstić information content (AvgIpc) is 2.82. The van der Waals surface area contributed by atoms with Crippen molar-refractivity contribution >= 4 is 12.2 Å².